The molecule has 2 fully saturated rings. The third kappa shape index (κ3) is 3.96. The van der Waals surface area contributed by atoms with Crippen LogP contribution in [-0.4, -0.2) is 66.9 Å². The Kier molecular flexibility index (Phi) is 5.84. The summed E-state index contributed by atoms with van der Waals surface area (Å²) in [6, 6.07) is 6.30. The van der Waals surface area contributed by atoms with E-state index in [9.17, 15) is 4.79 Å². The first-order valence-corrected chi connectivity index (χ1v) is 10.6. The Morgan fingerprint density at radius 2 is 2.00 bits per heavy atom. The minimum atomic E-state index is -0.112. The molecule has 1 amide bonds. The Morgan fingerprint density at radius 3 is 2.67 bits per heavy atom. The smallest absolute Gasteiger partial charge is 0.237 e. The monoisotopic (exact) mass is 413 g/mol. The van der Waals surface area contributed by atoms with E-state index in [-0.39, 0.29) is 11.4 Å². The predicted molar refractivity (Wildman–Crippen MR) is 113 cm³/mol. The van der Waals surface area contributed by atoms with E-state index in [1.54, 1.807) is 7.11 Å². The number of amides is 1. The molecular weight excluding hydrogens is 382 g/mol. The van der Waals surface area contributed by atoms with Gasteiger partial charge in [0.05, 0.1) is 24.9 Å². The average Bonchev–Trinajstić information content (AvgIpc) is 3.05. The fourth-order valence-corrected chi connectivity index (χ4v) is 4.77. The summed E-state index contributed by atoms with van der Waals surface area (Å²) in [4.78, 5) is 17.0. The van der Waals surface area contributed by atoms with Crippen LogP contribution in [-0.2, 0) is 22.5 Å². The predicted octanol–water partition coefficient (Wildman–Crippen LogP) is 2.71. The number of nitrogens with zero attached hydrogens (tertiary/aromatic N) is 3. The van der Waals surface area contributed by atoms with Gasteiger partial charge in [-0.1, -0.05) is 17.3 Å². The Hall–Kier alpha value is -2.38. The Morgan fingerprint density at radius 1 is 1.23 bits per heavy atom. The highest BCUT2D eigenvalue weighted by atomic mass is 16.5. The number of piperazine rings is 1. The van der Waals surface area contributed by atoms with Gasteiger partial charge in [-0.3, -0.25) is 9.69 Å². The van der Waals surface area contributed by atoms with E-state index in [2.05, 4.69) is 22.2 Å². The molecule has 0 N–H and O–H groups in total. The molecule has 2 saturated heterocycles. The largest absolute Gasteiger partial charge is 0.496 e. The van der Waals surface area contributed by atoms with Crippen LogP contribution in [0.1, 0.15) is 41.0 Å². The van der Waals surface area contributed by atoms with Gasteiger partial charge in [-0.25, -0.2) is 0 Å². The molecule has 7 heteroatoms. The van der Waals surface area contributed by atoms with Crippen LogP contribution in [0.15, 0.2) is 22.7 Å². The topological polar surface area (TPSA) is 68.0 Å². The number of carbonyl (C=O) groups is 1. The molecule has 162 valence electrons. The summed E-state index contributed by atoms with van der Waals surface area (Å²) in [5.41, 5.74) is 4.18. The van der Waals surface area contributed by atoms with Crippen LogP contribution in [0.2, 0.25) is 0 Å². The van der Waals surface area contributed by atoms with Crippen LogP contribution in [0.5, 0.6) is 5.75 Å². The number of benzene rings is 1. The highest BCUT2D eigenvalue weighted by Gasteiger charge is 2.44. The zero-order valence-electron chi connectivity index (χ0n) is 18.4. The number of ether oxygens (including phenoxy) is 2. The Balaban J connectivity index is 1.55. The van der Waals surface area contributed by atoms with Crippen LogP contribution >= 0.6 is 0 Å². The standard InChI is InChI=1S/C23H31N3O4/c1-16-20(17(2)30-24-16)12-19-11-18(5-6-21(19)28-4)13-26-14-22(27)25(3)23(15-26)7-9-29-10-8-23/h5-6,11H,7-10,12-15H2,1-4H3. The van der Waals surface area contributed by atoms with Crippen molar-refractivity contribution in [2.75, 3.05) is 40.5 Å². The summed E-state index contributed by atoms with van der Waals surface area (Å²) in [6.45, 7) is 7.40. The highest BCUT2D eigenvalue weighted by Crippen LogP contribution is 2.32. The van der Waals surface area contributed by atoms with Crippen molar-refractivity contribution < 1.29 is 18.8 Å². The molecule has 7 nitrogen and oxygen atoms in total. The molecule has 0 aliphatic carbocycles. The first-order chi connectivity index (χ1) is 14.4. The van der Waals surface area contributed by atoms with Crippen LogP contribution < -0.4 is 4.74 Å². The second-order valence-corrected chi connectivity index (χ2v) is 8.56. The second kappa shape index (κ2) is 8.40. The lowest BCUT2D eigenvalue weighted by Crippen LogP contribution is -2.64. The van der Waals surface area contributed by atoms with Gasteiger partial charge in [0, 0.05) is 45.3 Å². The third-order valence-corrected chi connectivity index (χ3v) is 6.69. The van der Waals surface area contributed by atoms with E-state index in [1.807, 2.05) is 31.9 Å². The van der Waals surface area contributed by atoms with E-state index in [0.29, 0.717) is 13.0 Å². The van der Waals surface area contributed by atoms with Gasteiger partial charge in [-0.2, -0.15) is 0 Å². The lowest BCUT2D eigenvalue weighted by molar-refractivity contribution is -0.150. The van der Waals surface area contributed by atoms with Crippen molar-refractivity contribution in [1.29, 1.82) is 0 Å². The number of hydrogen-bond donors (Lipinski definition) is 0. The summed E-state index contributed by atoms with van der Waals surface area (Å²) >= 11 is 0. The van der Waals surface area contributed by atoms with Crippen molar-refractivity contribution in [3.05, 3.63) is 46.3 Å². The molecule has 1 aromatic heterocycles. The van der Waals surface area contributed by atoms with Crippen LogP contribution in [0, 0.1) is 13.8 Å². The van der Waals surface area contributed by atoms with E-state index < -0.39 is 0 Å². The van der Waals surface area contributed by atoms with Crippen molar-refractivity contribution >= 4 is 5.91 Å². The fraction of sp³-hybridized carbons (Fsp3) is 0.565. The average molecular weight is 414 g/mol. The van der Waals surface area contributed by atoms with Crippen molar-refractivity contribution in [2.45, 2.75) is 45.2 Å². The number of aryl methyl sites for hydroxylation is 2. The number of hydrogen-bond acceptors (Lipinski definition) is 6. The van der Waals surface area contributed by atoms with Gasteiger partial charge in [0.1, 0.15) is 11.5 Å². The van der Waals surface area contributed by atoms with Gasteiger partial charge < -0.3 is 18.9 Å². The number of rotatable bonds is 5. The first-order valence-electron chi connectivity index (χ1n) is 10.6. The molecule has 4 rings (SSSR count). The Labute approximate surface area is 177 Å². The van der Waals surface area contributed by atoms with Crippen molar-refractivity contribution in [3.63, 3.8) is 0 Å². The molecule has 0 saturated carbocycles. The molecular formula is C23H31N3O4. The maximum Gasteiger partial charge on any atom is 0.237 e. The van der Waals surface area contributed by atoms with E-state index in [4.69, 9.17) is 14.0 Å². The summed E-state index contributed by atoms with van der Waals surface area (Å²) < 4.78 is 16.5. The molecule has 0 bridgehead atoms. The third-order valence-electron chi connectivity index (χ3n) is 6.69. The molecule has 2 aliphatic heterocycles. The summed E-state index contributed by atoms with van der Waals surface area (Å²) in [6.07, 6.45) is 2.50. The number of aromatic nitrogens is 1. The van der Waals surface area contributed by atoms with Gasteiger partial charge in [0.15, 0.2) is 0 Å². The lowest BCUT2D eigenvalue weighted by Gasteiger charge is -2.51. The molecule has 30 heavy (non-hydrogen) atoms. The van der Waals surface area contributed by atoms with Crippen molar-refractivity contribution in [3.8, 4) is 5.75 Å². The van der Waals surface area contributed by atoms with Gasteiger partial charge in [-0.15, -0.1) is 0 Å². The van der Waals surface area contributed by atoms with Crippen LogP contribution in [0.4, 0.5) is 0 Å². The van der Waals surface area contributed by atoms with Gasteiger partial charge >= 0.3 is 0 Å². The zero-order chi connectivity index (χ0) is 21.3. The van der Waals surface area contributed by atoms with Crippen molar-refractivity contribution in [2.24, 2.45) is 0 Å². The molecule has 1 spiro atoms. The summed E-state index contributed by atoms with van der Waals surface area (Å²) in [5, 5.41) is 4.07. The molecule has 0 atom stereocenters. The number of methoxy groups -OCH3 is 1. The first kappa shape index (κ1) is 20.9. The SMILES string of the molecule is COc1ccc(CN2CC(=O)N(C)C3(CCOCC3)C2)cc1Cc1c(C)noc1C. The van der Waals surface area contributed by atoms with Gasteiger partial charge in [0.2, 0.25) is 5.91 Å². The van der Waals surface area contributed by atoms with Crippen LogP contribution in [0.3, 0.4) is 0 Å². The molecule has 0 radical (unpaired) electrons. The summed E-state index contributed by atoms with van der Waals surface area (Å²) in [7, 11) is 3.64. The number of carbonyl (C=O) groups excluding carboxylic acids is 1. The van der Waals surface area contributed by atoms with Gasteiger partial charge in [0.25, 0.3) is 0 Å². The molecule has 2 aliphatic rings. The fourth-order valence-electron chi connectivity index (χ4n) is 4.77. The number of likely N-dealkylation sites (N-methyl/N-ethyl adjacent to an activating group) is 1. The van der Waals surface area contributed by atoms with E-state index in [1.165, 1.54) is 5.56 Å². The van der Waals surface area contributed by atoms with Crippen molar-refractivity contribution in [1.82, 2.24) is 15.0 Å². The molecule has 3 heterocycles. The molecule has 2 aromatic rings. The van der Waals surface area contributed by atoms with E-state index >= 15 is 0 Å². The minimum Gasteiger partial charge on any atom is -0.496 e. The highest BCUT2D eigenvalue weighted by molar-refractivity contribution is 5.79. The van der Waals surface area contributed by atoms with Gasteiger partial charge in [-0.05, 0) is 43.9 Å². The maximum absolute atomic E-state index is 12.7. The quantitative estimate of drug-likeness (QED) is 0.751. The summed E-state index contributed by atoms with van der Waals surface area (Å²) in [5.74, 6) is 1.88. The molecule has 0 unspecified atom stereocenters. The molecule has 1 aromatic carbocycles. The van der Waals surface area contributed by atoms with E-state index in [0.717, 1.165) is 67.5 Å². The zero-order valence-corrected chi connectivity index (χ0v) is 18.4. The Bertz CT molecular complexity index is 898. The minimum absolute atomic E-state index is 0.112. The normalized spacial score (nSPS) is 19.5. The maximum atomic E-state index is 12.7. The van der Waals surface area contributed by atoms with Crippen LogP contribution in [0.25, 0.3) is 0 Å². The second-order valence-electron chi connectivity index (χ2n) is 8.56. The lowest BCUT2D eigenvalue weighted by atomic mass is 9.85.